The molecule has 0 bridgehead atoms. The Kier molecular flexibility index (Phi) is 8.87. The maximum absolute atomic E-state index is 11.7. The Hall–Kier alpha value is -1.50. The van der Waals surface area contributed by atoms with Gasteiger partial charge in [-0.25, -0.2) is 4.79 Å². The molecule has 1 heterocycles. The molecule has 31 heavy (non-hydrogen) atoms. The van der Waals surface area contributed by atoms with E-state index >= 15 is 0 Å². The minimum absolute atomic E-state index is 0.298. The molecule has 2 aliphatic carbocycles. The number of likely N-dealkylation sites (tertiary alicyclic amines) is 1. The fourth-order valence-corrected chi connectivity index (χ4v) is 4.41. The minimum Gasteiger partial charge on any atom is -0.444 e. The lowest BCUT2D eigenvalue weighted by molar-refractivity contribution is 0.0170. The Morgan fingerprint density at radius 2 is 1.71 bits per heavy atom. The van der Waals surface area contributed by atoms with E-state index in [4.69, 9.17) is 14.5 Å². The molecule has 0 atom stereocenters. The molecule has 1 amide bonds. The van der Waals surface area contributed by atoms with E-state index in [1.54, 1.807) is 0 Å². The largest absolute Gasteiger partial charge is 0.444 e. The van der Waals surface area contributed by atoms with Gasteiger partial charge in [-0.1, -0.05) is 0 Å². The lowest BCUT2D eigenvalue weighted by Gasteiger charge is -2.34. The molecule has 0 spiro atoms. The molecule has 7 nitrogen and oxygen atoms in total. The molecule has 0 aromatic rings. The highest BCUT2D eigenvalue weighted by atomic mass is 16.6. The van der Waals surface area contributed by atoms with Crippen LogP contribution < -0.4 is 10.6 Å². The molecule has 3 fully saturated rings. The fraction of sp³-hybridized carbons (Fsp3) is 0.917. The highest BCUT2D eigenvalue weighted by Crippen LogP contribution is 2.49. The fourth-order valence-electron chi connectivity index (χ4n) is 4.41. The number of amides is 1. The molecule has 1 aliphatic heterocycles. The number of hydrogen-bond donors (Lipinski definition) is 2. The first-order chi connectivity index (χ1) is 14.9. The highest BCUT2D eigenvalue weighted by Gasteiger charge is 2.41. The van der Waals surface area contributed by atoms with Gasteiger partial charge in [-0.3, -0.25) is 4.99 Å². The summed E-state index contributed by atoms with van der Waals surface area (Å²) in [5, 5.41) is 6.30. The van der Waals surface area contributed by atoms with Gasteiger partial charge in [0.15, 0.2) is 5.96 Å². The molecule has 3 aliphatic rings. The standard InChI is InChI=1S/C24H44N4O3/c1-5-25-22(27-17-21(18-7-8-18)19-9-10-19)28-14-11-20(12-15-28)30-16-6-13-26-23(29)31-24(2,3)4/h18-21H,5-17H2,1-4H3,(H,25,27)(H,26,29). The van der Waals surface area contributed by atoms with E-state index in [-0.39, 0.29) is 6.09 Å². The number of rotatable bonds is 10. The number of carbonyl (C=O) groups is 1. The monoisotopic (exact) mass is 436 g/mol. The molecule has 7 heteroatoms. The molecule has 0 aromatic heterocycles. The topological polar surface area (TPSA) is 75.2 Å². The van der Waals surface area contributed by atoms with Crippen molar-refractivity contribution in [2.45, 2.75) is 84.3 Å². The average Bonchev–Trinajstić information content (AvgIpc) is 3.60. The van der Waals surface area contributed by atoms with Crippen molar-refractivity contribution >= 4 is 12.1 Å². The first kappa shape index (κ1) is 24.1. The zero-order valence-electron chi connectivity index (χ0n) is 20.1. The van der Waals surface area contributed by atoms with Gasteiger partial charge in [-0.2, -0.15) is 0 Å². The van der Waals surface area contributed by atoms with Crippen LogP contribution in [0.25, 0.3) is 0 Å². The molecule has 2 N–H and O–H groups in total. The van der Waals surface area contributed by atoms with Gasteiger partial charge < -0.3 is 25.0 Å². The van der Waals surface area contributed by atoms with Gasteiger partial charge in [-0.15, -0.1) is 0 Å². The van der Waals surface area contributed by atoms with Crippen LogP contribution in [0.1, 0.15) is 72.6 Å². The van der Waals surface area contributed by atoms with Crippen molar-refractivity contribution in [1.29, 1.82) is 0 Å². The van der Waals surface area contributed by atoms with Crippen LogP contribution in [0.3, 0.4) is 0 Å². The van der Waals surface area contributed by atoms with Crippen LogP contribution in [0.5, 0.6) is 0 Å². The second kappa shape index (κ2) is 11.4. The summed E-state index contributed by atoms with van der Waals surface area (Å²) in [6, 6.07) is 0. The predicted octanol–water partition coefficient (Wildman–Crippen LogP) is 3.78. The van der Waals surface area contributed by atoms with Crippen molar-refractivity contribution in [3.63, 3.8) is 0 Å². The Balaban J connectivity index is 1.32. The van der Waals surface area contributed by atoms with E-state index in [0.29, 0.717) is 19.3 Å². The van der Waals surface area contributed by atoms with Crippen LogP contribution in [-0.4, -0.2) is 68.0 Å². The number of nitrogens with zero attached hydrogens (tertiary/aromatic N) is 2. The summed E-state index contributed by atoms with van der Waals surface area (Å²) in [5.74, 6) is 3.81. The maximum atomic E-state index is 11.7. The molecule has 2 saturated carbocycles. The lowest BCUT2D eigenvalue weighted by Crippen LogP contribution is -2.47. The maximum Gasteiger partial charge on any atom is 0.407 e. The molecular weight excluding hydrogens is 392 g/mol. The quantitative estimate of drug-likeness (QED) is 0.310. The first-order valence-electron chi connectivity index (χ1n) is 12.5. The molecule has 1 saturated heterocycles. The Labute approximate surface area is 188 Å². The van der Waals surface area contributed by atoms with Crippen LogP contribution in [0.15, 0.2) is 4.99 Å². The normalized spacial score (nSPS) is 20.8. The third-order valence-corrected chi connectivity index (χ3v) is 6.33. The Morgan fingerprint density at radius 1 is 1.06 bits per heavy atom. The zero-order valence-corrected chi connectivity index (χ0v) is 20.1. The van der Waals surface area contributed by atoms with E-state index in [1.165, 1.54) is 25.7 Å². The average molecular weight is 437 g/mol. The zero-order chi connectivity index (χ0) is 22.3. The highest BCUT2D eigenvalue weighted by molar-refractivity contribution is 5.80. The molecule has 0 aromatic carbocycles. The summed E-state index contributed by atoms with van der Waals surface area (Å²) in [5.41, 5.74) is -0.458. The number of nitrogens with one attached hydrogen (secondary N) is 2. The van der Waals surface area contributed by atoms with Crippen LogP contribution in [-0.2, 0) is 9.47 Å². The number of carbonyl (C=O) groups excluding carboxylic acids is 1. The van der Waals surface area contributed by atoms with Gasteiger partial charge in [-0.05, 0) is 90.4 Å². The number of piperidine rings is 1. The van der Waals surface area contributed by atoms with Gasteiger partial charge in [0, 0.05) is 39.3 Å². The van der Waals surface area contributed by atoms with Crippen LogP contribution in [0, 0.1) is 17.8 Å². The summed E-state index contributed by atoms with van der Waals surface area (Å²) >= 11 is 0. The second-order valence-electron chi connectivity index (χ2n) is 10.4. The molecule has 3 rings (SSSR count). The summed E-state index contributed by atoms with van der Waals surface area (Å²) in [7, 11) is 0. The molecule has 0 unspecified atom stereocenters. The third-order valence-electron chi connectivity index (χ3n) is 6.33. The van der Waals surface area contributed by atoms with E-state index < -0.39 is 5.60 Å². The number of hydrogen-bond acceptors (Lipinski definition) is 4. The summed E-state index contributed by atoms with van der Waals surface area (Å²) < 4.78 is 11.3. The molecule has 178 valence electrons. The van der Waals surface area contributed by atoms with Gasteiger partial charge in [0.25, 0.3) is 0 Å². The SMILES string of the molecule is CCNC(=NCC(C1CC1)C1CC1)N1CCC(OCCCNC(=O)OC(C)(C)C)CC1. The van der Waals surface area contributed by atoms with Gasteiger partial charge in [0.1, 0.15) is 5.60 Å². The van der Waals surface area contributed by atoms with Crippen molar-refractivity contribution in [3.8, 4) is 0 Å². The summed E-state index contributed by atoms with van der Waals surface area (Å²) in [6.07, 6.45) is 8.47. The number of aliphatic imine (C=N–C) groups is 1. The van der Waals surface area contributed by atoms with E-state index in [9.17, 15) is 4.79 Å². The lowest BCUT2D eigenvalue weighted by atomic mass is 9.98. The molecular formula is C24H44N4O3. The minimum atomic E-state index is -0.458. The molecule has 0 radical (unpaired) electrons. The predicted molar refractivity (Wildman–Crippen MR) is 124 cm³/mol. The summed E-state index contributed by atoms with van der Waals surface area (Å²) in [6.45, 7) is 12.9. The van der Waals surface area contributed by atoms with E-state index in [0.717, 1.165) is 69.2 Å². The van der Waals surface area contributed by atoms with Crippen LogP contribution in [0.2, 0.25) is 0 Å². The third kappa shape index (κ3) is 8.87. The Bertz CT molecular complexity index is 576. The van der Waals surface area contributed by atoms with E-state index in [1.807, 2.05) is 20.8 Å². The number of guanidine groups is 1. The van der Waals surface area contributed by atoms with Crippen molar-refractivity contribution in [2.75, 3.05) is 39.3 Å². The first-order valence-corrected chi connectivity index (χ1v) is 12.5. The van der Waals surface area contributed by atoms with Crippen molar-refractivity contribution in [2.24, 2.45) is 22.7 Å². The Morgan fingerprint density at radius 3 is 2.26 bits per heavy atom. The smallest absolute Gasteiger partial charge is 0.407 e. The second-order valence-corrected chi connectivity index (χ2v) is 10.4. The number of alkyl carbamates (subject to hydrolysis) is 1. The van der Waals surface area contributed by atoms with Gasteiger partial charge in [0.05, 0.1) is 6.10 Å². The summed E-state index contributed by atoms with van der Waals surface area (Å²) in [4.78, 5) is 19.1. The van der Waals surface area contributed by atoms with Gasteiger partial charge >= 0.3 is 6.09 Å². The number of ether oxygens (including phenoxy) is 2. The van der Waals surface area contributed by atoms with Gasteiger partial charge in [0.2, 0.25) is 0 Å². The van der Waals surface area contributed by atoms with Crippen LogP contribution >= 0.6 is 0 Å². The van der Waals surface area contributed by atoms with E-state index in [2.05, 4.69) is 22.5 Å². The van der Waals surface area contributed by atoms with Crippen molar-refractivity contribution in [1.82, 2.24) is 15.5 Å². The van der Waals surface area contributed by atoms with Crippen molar-refractivity contribution in [3.05, 3.63) is 0 Å². The van der Waals surface area contributed by atoms with Crippen molar-refractivity contribution < 1.29 is 14.3 Å². The van der Waals surface area contributed by atoms with Crippen LogP contribution in [0.4, 0.5) is 4.79 Å².